The molecule has 234 valence electrons. The summed E-state index contributed by atoms with van der Waals surface area (Å²) in [7, 11) is 3.93. The lowest BCUT2D eigenvalue weighted by Gasteiger charge is -2.43. The Balaban J connectivity index is 1.73. The van der Waals surface area contributed by atoms with E-state index in [-0.39, 0.29) is 41.4 Å². The minimum absolute atomic E-state index is 0.0552. The molecule has 0 radical (unpaired) electrons. The van der Waals surface area contributed by atoms with Crippen LogP contribution in [0.2, 0.25) is 5.02 Å². The largest absolute Gasteiger partial charge is 0.371 e. The standard InChI is InChI=1S/C34H53ClN4O2S/c1-23(2)29(40)39(26-14-16-33(6,7)17-15-26)27-20-28(30(42)36(8)9)38(21-27)31(41)34(24-10-12-25(35)13-11-24)18-19-37(22-34)32(3,4)5/h10-13,23,26-28H,14-22H2,1-9H3/t27-,28-,34?/m0/s1. The first-order valence-electron chi connectivity index (χ1n) is 15.8. The zero-order chi connectivity index (χ0) is 31.2. The van der Waals surface area contributed by atoms with E-state index < -0.39 is 5.41 Å². The summed E-state index contributed by atoms with van der Waals surface area (Å²) in [5.74, 6) is 0.218. The van der Waals surface area contributed by atoms with Gasteiger partial charge in [-0.25, -0.2) is 0 Å². The van der Waals surface area contributed by atoms with Crippen LogP contribution in [0.5, 0.6) is 0 Å². The molecule has 3 fully saturated rings. The number of nitrogens with zero attached hydrogens (tertiary/aromatic N) is 4. The Labute approximate surface area is 265 Å². The van der Waals surface area contributed by atoms with Crippen molar-refractivity contribution in [3.63, 3.8) is 0 Å². The van der Waals surface area contributed by atoms with Crippen molar-refractivity contribution < 1.29 is 9.59 Å². The maximum absolute atomic E-state index is 15.1. The van der Waals surface area contributed by atoms with Gasteiger partial charge in [0.15, 0.2) is 0 Å². The zero-order valence-electron chi connectivity index (χ0n) is 27.4. The van der Waals surface area contributed by atoms with Gasteiger partial charge in [-0.05, 0) is 82.4 Å². The van der Waals surface area contributed by atoms with E-state index in [4.69, 9.17) is 23.8 Å². The first kappa shape index (κ1) is 33.2. The van der Waals surface area contributed by atoms with Gasteiger partial charge in [0.2, 0.25) is 11.8 Å². The monoisotopic (exact) mass is 616 g/mol. The average molecular weight is 617 g/mol. The number of halogens is 1. The van der Waals surface area contributed by atoms with E-state index in [9.17, 15) is 4.79 Å². The third-order valence-electron chi connectivity index (χ3n) is 10.1. The predicted octanol–water partition coefficient (Wildman–Crippen LogP) is 6.39. The Bertz CT molecular complexity index is 1150. The number of thiocarbonyl (C=S) groups is 1. The van der Waals surface area contributed by atoms with Crippen LogP contribution < -0.4 is 0 Å². The maximum atomic E-state index is 15.1. The van der Waals surface area contributed by atoms with Gasteiger partial charge in [-0.2, -0.15) is 0 Å². The molecule has 2 aliphatic heterocycles. The van der Waals surface area contributed by atoms with E-state index in [0.717, 1.165) is 49.2 Å². The lowest BCUT2D eigenvalue weighted by Crippen LogP contribution is -2.55. The molecule has 0 spiro atoms. The molecule has 0 bridgehead atoms. The van der Waals surface area contributed by atoms with Gasteiger partial charge in [-0.1, -0.05) is 63.6 Å². The quantitative estimate of drug-likeness (QED) is 0.347. The molecular weight excluding hydrogens is 564 g/mol. The summed E-state index contributed by atoms with van der Waals surface area (Å²) in [6, 6.07) is 7.76. The van der Waals surface area contributed by atoms with Crippen LogP contribution in [0.15, 0.2) is 24.3 Å². The number of likely N-dealkylation sites (tertiary alicyclic amines) is 2. The lowest BCUT2D eigenvalue weighted by molar-refractivity contribution is -0.142. The number of benzene rings is 1. The van der Waals surface area contributed by atoms with E-state index in [2.05, 4.69) is 44.4 Å². The van der Waals surface area contributed by atoms with Crippen LogP contribution in [0.25, 0.3) is 0 Å². The summed E-state index contributed by atoms with van der Waals surface area (Å²) in [5, 5.41) is 0.665. The van der Waals surface area contributed by atoms with Gasteiger partial charge in [0, 0.05) is 56.3 Å². The third kappa shape index (κ3) is 6.68. The first-order chi connectivity index (χ1) is 19.5. The van der Waals surface area contributed by atoms with E-state index in [1.165, 1.54) is 0 Å². The number of carbonyl (C=O) groups is 2. The molecule has 1 aromatic carbocycles. The minimum atomic E-state index is -0.700. The van der Waals surface area contributed by atoms with Crippen molar-refractivity contribution in [1.82, 2.24) is 19.6 Å². The van der Waals surface area contributed by atoms with Crippen molar-refractivity contribution >= 4 is 40.6 Å². The van der Waals surface area contributed by atoms with E-state index in [1.807, 2.05) is 62.0 Å². The van der Waals surface area contributed by atoms with Gasteiger partial charge in [0.05, 0.1) is 17.5 Å². The molecular formula is C34H53ClN4O2S. The number of rotatable bonds is 6. The van der Waals surface area contributed by atoms with Gasteiger partial charge in [-0.3, -0.25) is 14.5 Å². The molecule has 3 atom stereocenters. The molecule has 2 saturated heterocycles. The topological polar surface area (TPSA) is 47.1 Å². The van der Waals surface area contributed by atoms with Crippen molar-refractivity contribution in [3.05, 3.63) is 34.9 Å². The zero-order valence-corrected chi connectivity index (χ0v) is 28.9. The van der Waals surface area contributed by atoms with Crippen LogP contribution in [0.1, 0.15) is 92.6 Å². The average Bonchev–Trinajstić information content (AvgIpc) is 3.55. The number of amides is 2. The van der Waals surface area contributed by atoms with Crippen molar-refractivity contribution in [2.45, 2.75) is 116 Å². The molecule has 0 aromatic heterocycles. The molecule has 1 unspecified atom stereocenters. The number of hydrogen-bond donors (Lipinski definition) is 0. The van der Waals surface area contributed by atoms with Gasteiger partial charge in [0.1, 0.15) is 4.99 Å². The highest BCUT2D eigenvalue weighted by molar-refractivity contribution is 7.80. The summed E-state index contributed by atoms with van der Waals surface area (Å²) >= 11 is 12.3. The molecule has 1 saturated carbocycles. The van der Waals surface area contributed by atoms with Gasteiger partial charge in [-0.15, -0.1) is 0 Å². The molecule has 42 heavy (non-hydrogen) atoms. The third-order valence-corrected chi connectivity index (χ3v) is 11.0. The van der Waals surface area contributed by atoms with Crippen molar-refractivity contribution in [1.29, 1.82) is 0 Å². The van der Waals surface area contributed by atoms with Crippen LogP contribution in [0.3, 0.4) is 0 Å². The van der Waals surface area contributed by atoms with Crippen LogP contribution in [-0.2, 0) is 15.0 Å². The molecule has 3 aliphatic rings. The van der Waals surface area contributed by atoms with Crippen LogP contribution in [0, 0.1) is 11.3 Å². The number of likely N-dealkylation sites (N-methyl/N-ethyl adjacent to an activating group) is 1. The lowest BCUT2D eigenvalue weighted by atomic mass is 9.75. The van der Waals surface area contributed by atoms with Crippen molar-refractivity contribution in [3.8, 4) is 0 Å². The molecule has 8 heteroatoms. The highest BCUT2D eigenvalue weighted by atomic mass is 35.5. The fourth-order valence-corrected chi connectivity index (χ4v) is 7.70. The molecule has 0 N–H and O–H groups in total. The highest BCUT2D eigenvalue weighted by Crippen LogP contribution is 2.43. The second-order valence-electron chi connectivity index (χ2n) is 15.3. The fraction of sp³-hybridized carbons (Fsp3) is 0.735. The minimum Gasteiger partial charge on any atom is -0.371 e. The summed E-state index contributed by atoms with van der Waals surface area (Å²) in [6.45, 7) is 17.3. The van der Waals surface area contributed by atoms with Crippen molar-refractivity contribution in [2.75, 3.05) is 33.7 Å². The Kier molecular flexibility index (Phi) is 9.77. The smallest absolute Gasteiger partial charge is 0.235 e. The second kappa shape index (κ2) is 12.4. The normalized spacial score (nSPS) is 27.0. The van der Waals surface area contributed by atoms with Crippen molar-refractivity contribution in [2.24, 2.45) is 11.3 Å². The van der Waals surface area contributed by atoms with Crippen LogP contribution in [-0.4, -0.2) is 93.8 Å². The summed E-state index contributed by atoms with van der Waals surface area (Å²) < 4.78 is 0. The Morgan fingerprint density at radius 1 is 1.02 bits per heavy atom. The van der Waals surface area contributed by atoms with E-state index in [1.54, 1.807) is 0 Å². The Morgan fingerprint density at radius 3 is 2.12 bits per heavy atom. The molecule has 2 amide bonds. The Morgan fingerprint density at radius 2 is 1.62 bits per heavy atom. The van der Waals surface area contributed by atoms with Crippen LogP contribution in [0.4, 0.5) is 0 Å². The maximum Gasteiger partial charge on any atom is 0.235 e. The van der Waals surface area contributed by atoms with Gasteiger partial charge < -0.3 is 14.7 Å². The fourth-order valence-electron chi connectivity index (χ4n) is 7.35. The summed E-state index contributed by atoms with van der Waals surface area (Å²) in [4.78, 5) is 38.3. The highest BCUT2D eigenvalue weighted by Gasteiger charge is 2.54. The van der Waals surface area contributed by atoms with Crippen LogP contribution >= 0.6 is 23.8 Å². The van der Waals surface area contributed by atoms with Gasteiger partial charge >= 0.3 is 0 Å². The second-order valence-corrected chi connectivity index (χ2v) is 16.2. The Hall–Kier alpha value is -1.70. The molecule has 2 heterocycles. The molecule has 1 aliphatic carbocycles. The summed E-state index contributed by atoms with van der Waals surface area (Å²) in [6.07, 6.45) is 5.65. The van der Waals surface area contributed by atoms with Gasteiger partial charge in [0.25, 0.3) is 0 Å². The SMILES string of the molecule is CC(C)C(=O)N(C1CCC(C)(C)CC1)[C@H]1C[C@@H](C(=S)N(C)C)N(C(=O)C2(c3ccc(Cl)cc3)CCN(C(C)(C)C)C2)C1. The van der Waals surface area contributed by atoms with E-state index >= 15 is 4.79 Å². The van der Waals surface area contributed by atoms with E-state index in [0.29, 0.717) is 29.9 Å². The molecule has 4 rings (SSSR count). The molecule has 1 aromatic rings. The summed E-state index contributed by atoms with van der Waals surface area (Å²) in [5.41, 5.74) is 0.554. The number of carbonyl (C=O) groups excluding carboxylic acids is 2. The number of hydrogen-bond acceptors (Lipinski definition) is 4. The first-order valence-corrected chi connectivity index (χ1v) is 16.6. The predicted molar refractivity (Wildman–Crippen MR) is 177 cm³/mol. The molecule has 6 nitrogen and oxygen atoms in total.